The van der Waals surface area contributed by atoms with Crippen molar-refractivity contribution in [1.29, 1.82) is 0 Å². The van der Waals surface area contributed by atoms with Crippen LogP contribution >= 0.6 is 0 Å². The molecule has 0 aromatic carbocycles. The topological polar surface area (TPSA) is 41.6 Å². The Balaban J connectivity index is 1.82. The van der Waals surface area contributed by atoms with Gasteiger partial charge >= 0.3 is 6.09 Å². The van der Waals surface area contributed by atoms with Crippen molar-refractivity contribution in [3.05, 3.63) is 0 Å². The van der Waals surface area contributed by atoms with Gasteiger partial charge in [-0.3, -0.25) is 0 Å². The Morgan fingerprint density at radius 3 is 2.67 bits per heavy atom. The molecule has 0 spiro atoms. The van der Waals surface area contributed by atoms with Crippen LogP contribution in [0.1, 0.15) is 46.5 Å². The third-order valence-electron chi connectivity index (χ3n) is 3.79. The number of hydrogen-bond acceptors (Lipinski definition) is 3. The van der Waals surface area contributed by atoms with E-state index in [1.807, 2.05) is 25.7 Å². The summed E-state index contributed by atoms with van der Waals surface area (Å²) in [6.07, 6.45) is 4.82. The lowest BCUT2D eigenvalue weighted by molar-refractivity contribution is 0.0284. The van der Waals surface area contributed by atoms with Gasteiger partial charge in [0.1, 0.15) is 5.60 Å². The van der Waals surface area contributed by atoms with Crippen LogP contribution in [0.4, 0.5) is 4.79 Å². The molecule has 2 aliphatic rings. The Morgan fingerprint density at radius 2 is 2.06 bits per heavy atom. The van der Waals surface area contributed by atoms with Gasteiger partial charge in [-0.1, -0.05) is 6.42 Å². The zero-order chi connectivity index (χ0) is 13.2. The predicted molar refractivity (Wildman–Crippen MR) is 71.6 cm³/mol. The smallest absolute Gasteiger partial charge is 0.410 e. The van der Waals surface area contributed by atoms with Crippen LogP contribution in [0.5, 0.6) is 0 Å². The van der Waals surface area contributed by atoms with Crippen molar-refractivity contribution in [2.24, 2.45) is 5.92 Å². The molecule has 0 aromatic rings. The minimum atomic E-state index is -0.391. The molecule has 2 aliphatic heterocycles. The molecule has 2 fully saturated rings. The second kappa shape index (κ2) is 5.47. The Hall–Kier alpha value is -0.770. The fourth-order valence-electron chi connectivity index (χ4n) is 2.89. The van der Waals surface area contributed by atoms with Crippen molar-refractivity contribution in [1.82, 2.24) is 10.2 Å². The normalized spacial score (nSPS) is 29.4. The molecule has 2 heterocycles. The summed E-state index contributed by atoms with van der Waals surface area (Å²) in [4.78, 5) is 13.8. The minimum absolute atomic E-state index is 0.152. The van der Waals surface area contributed by atoms with E-state index >= 15 is 0 Å². The van der Waals surface area contributed by atoms with Crippen molar-refractivity contribution in [2.75, 3.05) is 19.6 Å². The molecule has 4 heteroatoms. The summed E-state index contributed by atoms with van der Waals surface area (Å²) in [5.74, 6) is 0.609. The third kappa shape index (κ3) is 3.61. The number of rotatable bonds is 1. The van der Waals surface area contributed by atoms with Gasteiger partial charge in [0, 0.05) is 19.1 Å². The summed E-state index contributed by atoms with van der Waals surface area (Å²) >= 11 is 0. The number of carbonyl (C=O) groups is 1. The zero-order valence-electron chi connectivity index (χ0n) is 11.9. The van der Waals surface area contributed by atoms with E-state index in [-0.39, 0.29) is 6.09 Å². The lowest BCUT2D eigenvalue weighted by Gasteiger charge is -2.29. The maximum absolute atomic E-state index is 12.0. The first kappa shape index (κ1) is 13.7. The summed E-state index contributed by atoms with van der Waals surface area (Å²) in [5.41, 5.74) is -0.391. The fourth-order valence-corrected chi connectivity index (χ4v) is 2.89. The predicted octanol–water partition coefficient (Wildman–Crippen LogP) is 2.39. The zero-order valence-corrected chi connectivity index (χ0v) is 11.9. The lowest BCUT2D eigenvalue weighted by atomic mass is 9.91. The molecule has 104 valence electrons. The first-order valence-electron chi connectivity index (χ1n) is 7.17. The van der Waals surface area contributed by atoms with Crippen LogP contribution in [0.2, 0.25) is 0 Å². The Labute approximate surface area is 110 Å². The molecule has 0 aliphatic carbocycles. The highest BCUT2D eigenvalue weighted by Crippen LogP contribution is 2.25. The molecule has 2 unspecified atom stereocenters. The number of nitrogens with one attached hydrogen (secondary N) is 1. The second-order valence-electron chi connectivity index (χ2n) is 6.53. The molecular weight excluding hydrogens is 228 g/mol. The SMILES string of the molecule is CC(C)(C)OC(=O)N1CCC(C2CCCCN2)C1. The van der Waals surface area contributed by atoms with Crippen molar-refractivity contribution < 1.29 is 9.53 Å². The van der Waals surface area contributed by atoms with E-state index in [0.29, 0.717) is 12.0 Å². The van der Waals surface area contributed by atoms with Gasteiger partial charge < -0.3 is 15.0 Å². The number of likely N-dealkylation sites (tertiary alicyclic amines) is 1. The van der Waals surface area contributed by atoms with E-state index in [2.05, 4.69) is 5.32 Å². The number of nitrogens with zero attached hydrogens (tertiary/aromatic N) is 1. The Kier molecular flexibility index (Phi) is 4.15. The van der Waals surface area contributed by atoms with Crippen molar-refractivity contribution >= 4 is 6.09 Å². The highest BCUT2D eigenvalue weighted by molar-refractivity contribution is 5.68. The van der Waals surface area contributed by atoms with Gasteiger partial charge in [-0.05, 0) is 52.5 Å². The van der Waals surface area contributed by atoms with E-state index in [1.165, 1.54) is 19.3 Å². The van der Waals surface area contributed by atoms with E-state index in [4.69, 9.17) is 4.74 Å². The van der Waals surface area contributed by atoms with Gasteiger partial charge in [0.2, 0.25) is 0 Å². The number of ether oxygens (including phenoxy) is 1. The number of hydrogen-bond donors (Lipinski definition) is 1. The Morgan fingerprint density at radius 1 is 1.28 bits per heavy atom. The first-order valence-corrected chi connectivity index (χ1v) is 7.17. The molecular formula is C14H26N2O2. The van der Waals surface area contributed by atoms with Crippen LogP contribution in [0.25, 0.3) is 0 Å². The van der Waals surface area contributed by atoms with Crippen LogP contribution in [0, 0.1) is 5.92 Å². The van der Waals surface area contributed by atoms with Gasteiger partial charge in [-0.2, -0.15) is 0 Å². The first-order chi connectivity index (χ1) is 8.46. The van der Waals surface area contributed by atoms with Crippen LogP contribution in [-0.2, 0) is 4.74 Å². The number of carbonyl (C=O) groups excluding carboxylic acids is 1. The quantitative estimate of drug-likeness (QED) is 0.781. The molecule has 0 aromatic heterocycles. The average Bonchev–Trinajstić information content (AvgIpc) is 2.77. The highest BCUT2D eigenvalue weighted by Gasteiger charge is 2.34. The summed E-state index contributed by atoms with van der Waals surface area (Å²) < 4.78 is 5.42. The van der Waals surface area contributed by atoms with Crippen LogP contribution < -0.4 is 5.32 Å². The van der Waals surface area contributed by atoms with E-state index in [9.17, 15) is 4.79 Å². The third-order valence-corrected chi connectivity index (χ3v) is 3.79. The van der Waals surface area contributed by atoms with Gasteiger partial charge in [0.25, 0.3) is 0 Å². The summed E-state index contributed by atoms with van der Waals surface area (Å²) in [7, 11) is 0. The molecule has 2 saturated heterocycles. The standard InChI is InChI=1S/C14H26N2O2/c1-14(2,3)18-13(17)16-9-7-11(10-16)12-6-4-5-8-15-12/h11-12,15H,4-10H2,1-3H3. The van der Waals surface area contributed by atoms with Crippen molar-refractivity contribution in [3.63, 3.8) is 0 Å². The summed E-state index contributed by atoms with van der Waals surface area (Å²) in [6, 6.07) is 0.603. The van der Waals surface area contributed by atoms with E-state index in [1.54, 1.807) is 0 Å². The van der Waals surface area contributed by atoms with E-state index in [0.717, 1.165) is 26.1 Å². The average molecular weight is 254 g/mol. The van der Waals surface area contributed by atoms with Crippen molar-refractivity contribution in [2.45, 2.75) is 58.1 Å². The van der Waals surface area contributed by atoms with Crippen LogP contribution in [0.15, 0.2) is 0 Å². The largest absolute Gasteiger partial charge is 0.444 e. The lowest BCUT2D eigenvalue weighted by Crippen LogP contribution is -2.42. The highest BCUT2D eigenvalue weighted by atomic mass is 16.6. The molecule has 1 N–H and O–H groups in total. The Bertz CT molecular complexity index is 293. The van der Waals surface area contributed by atoms with Gasteiger partial charge in [-0.15, -0.1) is 0 Å². The van der Waals surface area contributed by atoms with Crippen LogP contribution in [-0.4, -0.2) is 42.3 Å². The second-order valence-corrected chi connectivity index (χ2v) is 6.53. The molecule has 18 heavy (non-hydrogen) atoms. The van der Waals surface area contributed by atoms with Gasteiger partial charge in [-0.25, -0.2) is 4.79 Å². The van der Waals surface area contributed by atoms with Gasteiger partial charge in [0.05, 0.1) is 0 Å². The number of piperidine rings is 1. The fraction of sp³-hybridized carbons (Fsp3) is 0.929. The molecule has 1 amide bonds. The number of amides is 1. The van der Waals surface area contributed by atoms with E-state index < -0.39 is 5.60 Å². The molecule has 2 atom stereocenters. The van der Waals surface area contributed by atoms with Crippen LogP contribution in [0.3, 0.4) is 0 Å². The maximum Gasteiger partial charge on any atom is 0.410 e. The van der Waals surface area contributed by atoms with Crippen molar-refractivity contribution in [3.8, 4) is 0 Å². The molecule has 0 saturated carbocycles. The molecule has 4 nitrogen and oxygen atoms in total. The van der Waals surface area contributed by atoms with Gasteiger partial charge in [0.15, 0.2) is 0 Å². The summed E-state index contributed by atoms with van der Waals surface area (Å²) in [5, 5.41) is 3.59. The molecule has 0 bridgehead atoms. The summed E-state index contributed by atoms with van der Waals surface area (Å²) in [6.45, 7) is 8.58. The minimum Gasteiger partial charge on any atom is -0.444 e. The molecule has 0 radical (unpaired) electrons. The molecule has 2 rings (SSSR count). The maximum atomic E-state index is 12.0. The monoisotopic (exact) mass is 254 g/mol.